The maximum atomic E-state index is 2.56. The Labute approximate surface area is 189 Å². The molecule has 2 rings (SSSR count). The SMILES string of the molecule is Cc1cc(-c2c(C(C)C)cc(C(C)C)c(PC(C)(C)C)c2C(C)C)c(C)c(C)c1C. The van der Waals surface area contributed by atoms with Crippen LogP contribution < -0.4 is 5.30 Å². The molecule has 2 aromatic rings. The largest absolute Gasteiger partial charge is 0.0842 e. The van der Waals surface area contributed by atoms with Crippen molar-refractivity contribution in [3.63, 3.8) is 0 Å². The standard InChI is InChI=1S/C29H45P/c1-16(2)23-15-24(17(3)4)28(30-29(11,12)13)26(18(5)6)27(23)25-14-19(7)20(8)21(9)22(25)10/h14-18,30H,1-13H3. The molecule has 0 radical (unpaired) electrons. The lowest BCUT2D eigenvalue weighted by molar-refractivity contribution is 0.792. The molecular formula is C29H45P. The molecule has 0 nitrogen and oxygen atoms in total. The maximum Gasteiger partial charge on any atom is -0.0105 e. The molecule has 166 valence electrons. The van der Waals surface area contributed by atoms with Crippen molar-refractivity contribution in [2.24, 2.45) is 0 Å². The summed E-state index contributed by atoms with van der Waals surface area (Å²) < 4.78 is 0. The minimum atomic E-state index is 0.290. The fourth-order valence-electron chi connectivity index (χ4n) is 4.52. The highest BCUT2D eigenvalue weighted by molar-refractivity contribution is 7.49. The summed E-state index contributed by atoms with van der Waals surface area (Å²) in [6.45, 7) is 30.6. The van der Waals surface area contributed by atoms with Crippen LogP contribution in [0.3, 0.4) is 0 Å². The van der Waals surface area contributed by atoms with Crippen molar-refractivity contribution in [3.8, 4) is 11.1 Å². The molecule has 2 aromatic carbocycles. The maximum absolute atomic E-state index is 2.56. The van der Waals surface area contributed by atoms with Gasteiger partial charge in [-0.1, -0.05) is 83.0 Å². The highest BCUT2D eigenvalue weighted by Crippen LogP contribution is 2.44. The third-order valence-electron chi connectivity index (χ3n) is 6.50. The van der Waals surface area contributed by atoms with Gasteiger partial charge in [-0.05, 0) is 106 Å². The summed E-state index contributed by atoms with van der Waals surface area (Å²) in [5.41, 5.74) is 13.4. The first-order valence-corrected chi connectivity index (χ1v) is 12.7. The highest BCUT2D eigenvalue weighted by Gasteiger charge is 2.27. The first kappa shape index (κ1) is 25.1. The third kappa shape index (κ3) is 5.02. The summed E-state index contributed by atoms with van der Waals surface area (Å²) in [4.78, 5) is 0. The van der Waals surface area contributed by atoms with Gasteiger partial charge in [-0.3, -0.25) is 0 Å². The van der Waals surface area contributed by atoms with Gasteiger partial charge in [0.1, 0.15) is 0 Å². The summed E-state index contributed by atoms with van der Waals surface area (Å²) in [5, 5.41) is 1.92. The number of hydrogen-bond donors (Lipinski definition) is 0. The van der Waals surface area contributed by atoms with Gasteiger partial charge in [0.2, 0.25) is 0 Å². The first-order valence-electron chi connectivity index (χ1n) is 11.7. The fraction of sp³-hybridized carbons (Fsp3) is 0.586. The Morgan fingerprint density at radius 1 is 0.667 bits per heavy atom. The van der Waals surface area contributed by atoms with E-state index in [9.17, 15) is 0 Å². The molecule has 0 amide bonds. The van der Waals surface area contributed by atoms with Gasteiger partial charge in [0, 0.05) is 0 Å². The molecular weight excluding hydrogens is 379 g/mol. The molecule has 1 atom stereocenters. The zero-order valence-corrected chi connectivity index (χ0v) is 22.9. The Hall–Kier alpha value is -1.13. The van der Waals surface area contributed by atoms with Crippen LogP contribution in [0.2, 0.25) is 0 Å². The predicted molar refractivity (Wildman–Crippen MR) is 141 cm³/mol. The van der Waals surface area contributed by atoms with E-state index in [0.717, 1.165) is 8.58 Å². The van der Waals surface area contributed by atoms with Crippen molar-refractivity contribution in [1.29, 1.82) is 0 Å². The molecule has 0 heterocycles. The zero-order chi connectivity index (χ0) is 23.1. The molecule has 1 heteroatoms. The van der Waals surface area contributed by atoms with Crippen LogP contribution in [0.25, 0.3) is 11.1 Å². The van der Waals surface area contributed by atoms with Crippen LogP contribution in [-0.4, -0.2) is 5.16 Å². The van der Waals surface area contributed by atoms with Gasteiger partial charge < -0.3 is 0 Å². The molecule has 30 heavy (non-hydrogen) atoms. The summed E-state index contributed by atoms with van der Waals surface area (Å²) in [6.07, 6.45) is 0. The Kier molecular flexibility index (Phi) is 7.67. The third-order valence-corrected chi connectivity index (χ3v) is 8.06. The zero-order valence-electron chi connectivity index (χ0n) is 21.9. The molecule has 0 fully saturated rings. The lowest BCUT2D eigenvalue weighted by atomic mass is 9.79. The van der Waals surface area contributed by atoms with E-state index in [4.69, 9.17) is 0 Å². The van der Waals surface area contributed by atoms with Crippen molar-refractivity contribution in [3.05, 3.63) is 51.1 Å². The van der Waals surface area contributed by atoms with Gasteiger partial charge in [-0.25, -0.2) is 0 Å². The molecule has 1 unspecified atom stereocenters. The van der Waals surface area contributed by atoms with Crippen molar-refractivity contribution >= 4 is 13.9 Å². The van der Waals surface area contributed by atoms with E-state index in [0.29, 0.717) is 17.8 Å². The van der Waals surface area contributed by atoms with Crippen LogP contribution >= 0.6 is 8.58 Å². The molecule has 0 aliphatic carbocycles. The van der Waals surface area contributed by atoms with Gasteiger partial charge >= 0.3 is 0 Å². The molecule has 0 bridgehead atoms. The van der Waals surface area contributed by atoms with Gasteiger partial charge in [-0.15, -0.1) is 0 Å². The van der Waals surface area contributed by atoms with Crippen molar-refractivity contribution in [1.82, 2.24) is 0 Å². The van der Waals surface area contributed by atoms with E-state index in [-0.39, 0.29) is 5.16 Å². The minimum absolute atomic E-state index is 0.290. The minimum Gasteiger partial charge on any atom is -0.0842 e. The topological polar surface area (TPSA) is 0 Å². The van der Waals surface area contributed by atoms with E-state index in [1.54, 1.807) is 16.4 Å². The second-order valence-electron chi connectivity index (χ2n) is 11.2. The van der Waals surface area contributed by atoms with Crippen LogP contribution in [0.5, 0.6) is 0 Å². The first-order chi connectivity index (χ1) is 13.7. The van der Waals surface area contributed by atoms with Gasteiger partial charge in [-0.2, -0.15) is 0 Å². The van der Waals surface area contributed by atoms with E-state index >= 15 is 0 Å². The number of rotatable bonds is 5. The monoisotopic (exact) mass is 424 g/mol. The number of benzene rings is 2. The van der Waals surface area contributed by atoms with Gasteiger partial charge in [0.05, 0.1) is 0 Å². The van der Waals surface area contributed by atoms with Crippen LogP contribution in [0.1, 0.15) is 119 Å². The van der Waals surface area contributed by atoms with Crippen molar-refractivity contribution < 1.29 is 0 Å². The Balaban J connectivity index is 3.11. The average Bonchev–Trinajstić information content (AvgIpc) is 2.60. The molecule has 0 aliphatic rings. The molecule has 0 saturated carbocycles. The summed E-state index contributed by atoms with van der Waals surface area (Å²) in [7, 11) is 0.817. The lowest BCUT2D eigenvalue weighted by Gasteiger charge is -2.32. The lowest BCUT2D eigenvalue weighted by Crippen LogP contribution is -2.23. The molecule has 0 aliphatic heterocycles. The second kappa shape index (κ2) is 9.16. The Morgan fingerprint density at radius 3 is 1.63 bits per heavy atom. The smallest absolute Gasteiger partial charge is 0.0105 e. The second-order valence-corrected chi connectivity index (χ2v) is 13.4. The van der Waals surface area contributed by atoms with Crippen LogP contribution in [0.4, 0.5) is 0 Å². The fourth-order valence-corrected chi connectivity index (χ4v) is 6.33. The predicted octanol–water partition coefficient (Wildman–Crippen LogP) is 9.06. The van der Waals surface area contributed by atoms with E-state index in [1.807, 2.05) is 0 Å². The van der Waals surface area contributed by atoms with E-state index in [1.165, 1.54) is 38.9 Å². The van der Waals surface area contributed by atoms with Crippen molar-refractivity contribution in [2.75, 3.05) is 0 Å². The van der Waals surface area contributed by atoms with Gasteiger partial charge in [0.25, 0.3) is 0 Å². The molecule has 0 N–H and O–H groups in total. The summed E-state index contributed by atoms with van der Waals surface area (Å²) in [5.74, 6) is 1.55. The molecule has 0 aromatic heterocycles. The van der Waals surface area contributed by atoms with E-state index < -0.39 is 0 Å². The molecule has 0 spiro atoms. The Bertz CT molecular complexity index is 921. The highest BCUT2D eigenvalue weighted by atomic mass is 31.1. The van der Waals surface area contributed by atoms with Gasteiger partial charge in [0.15, 0.2) is 0 Å². The Morgan fingerprint density at radius 2 is 1.20 bits per heavy atom. The van der Waals surface area contributed by atoms with Crippen LogP contribution in [0, 0.1) is 27.7 Å². The normalized spacial score (nSPS) is 12.9. The molecule has 0 saturated heterocycles. The quantitative estimate of drug-likeness (QED) is 0.420. The summed E-state index contributed by atoms with van der Waals surface area (Å²) >= 11 is 0. The van der Waals surface area contributed by atoms with E-state index in [2.05, 4.69) is 102 Å². The van der Waals surface area contributed by atoms with Crippen LogP contribution in [-0.2, 0) is 0 Å². The number of hydrogen-bond acceptors (Lipinski definition) is 0. The summed E-state index contributed by atoms with van der Waals surface area (Å²) in [6, 6.07) is 5.03. The van der Waals surface area contributed by atoms with Crippen molar-refractivity contribution in [2.45, 2.75) is 113 Å². The number of aryl methyl sites for hydroxylation is 1. The van der Waals surface area contributed by atoms with Crippen LogP contribution in [0.15, 0.2) is 12.1 Å². The average molecular weight is 425 g/mol.